The van der Waals surface area contributed by atoms with E-state index in [1.807, 2.05) is 0 Å². The number of hydrogen-bond acceptors (Lipinski definition) is 4. The standard InChI is InChI=1S/C13H19N5/c1-10-2-3-11(7-14)12(6-10)17-4-5-18-9-15-16-13(18)8-17/h9-12H,2-6,8H2,1H3. The third-order valence-electron chi connectivity index (χ3n) is 4.38. The summed E-state index contributed by atoms with van der Waals surface area (Å²) < 4.78 is 2.12. The van der Waals surface area contributed by atoms with Crippen molar-refractivity contribution in [1.29, 1.82) is 5.26 Å². The summed E-state index contributed by atoms with van der Waals surface area (Å²) in [5, 5.41) is 17.4. The Labute approximate surface area is 107 Å². The van der Waals surface area contributed by atoms with Crippen LogP contribution in [-0.2, 0) is 13.1 Å². The van der Waals surface area contributed by atoms with E-state index in [1.54, 1.807) is 6.33 Å². The van der Waals surface area contributed by atoms with E-state index >= 15 is 0 Å². The average Bonchev–Trinajstić information content (AvgIpc) is 2.85. The highest BCUT2D eigenvalue weighted by Gasteiger charge is 2.34. The second-order valence-electron chi connectivity index (χ2n) is 5.63. The van der Waals surface area contributed by atoms with Crippen molar-refractivity contribution in [3.05, 3.63) is 12.2 Å². The first kappa shape index (κ1) is 11.7. The fourth-order valence-corrected chi connectivity index (χ4v) is 3.27. The van der Waals surface area contributed by atoms with Gasteiger partial charge in [-0.25, -0.2) is 0 Å². The lowest BCUT2D eigenvalue weighted by molar-refractivity contribution is 0.0791. The first-order valence-electron chi connectivity index (χ1n) is 6.78. The van der Waals surface area contributed by atoms with Gasteiger partial charge in [0.05, 0.1) is 18.5 Å². The predicted octanol–water partition coefficient (Wildman–Crippen LogP) is 1.42. The Bertz CT molecular complexity index is 460. The van der Waals surface area contributed by atoms with Gasteiger partial charge in [0.25, 0.3) is 0 Å². The van der Waals surface area contributed by atoms with E-state index in [0.717, 1.165) is 44.2 Å². The largest absolute Gasteiger partial charge is 0.315 e. The van der Waals surface area contributed by atoms with Crippen LogP contribution < -0.4 is 0 Å². The van der Waals surface area contributed by atoms with Gasteiger partial charge in [-0.1, -0.05) is 6.92 Å². The molecule has 0 bridgehead atoms. The Morgan fingerprint density at radius 1 is 1.39 bits per heavy atom. The molecule has 5 nitrogen and oxygen atoms in total. The second kappa shape index (κ2) is 4.69. The molecule has 0 spiro atoms. The van der Waals surface area contributed by atoms with Gasteiger partial charge in [0.2, 0.25) is 0 Å². The molecule has 5 heteroatoms. The van der Waals surface area contributed by atoms with Crippen molar-refractivity contribution >= 4 is 0 Å². The Morgan fingerprint density at radius 3 is 3.11 bits per heavy atom. The summed E-state index contributed by atoms with van der Waals surface area (Å²) >= 11 is 0. The molecule has 1 aliphatic carbocycles. The van der Waals surface area contributed by atoms with Gasteiger partial charge in [0.1, 0.15) is 12.2 Å². The molecule has 0 saturated heterocycles. The number of nitriles is 1. The van der Waals surface area contributed by atoms with Crippen LogP contribution in [0.15, 0.2) is 6.33 Å². The van der Waals surface area contributed by atoms with Crippen LogP contribution in [0.2, 0.25) is 0 Å². The number of fused-ring (bicyclic) bond motifs is 1. The lowest BCUT2D eigenvalue weighted by Crippen LogP contribution is -2.47. The van der Waals surface area contributed by atoms with Crippen LogP contribution >= 0.6 is 0 Å². The van der Waals surface area contributed by atoms with E-state index in [0.29, 0.717) is 6.04 Å². The van der Waals surface area contributed by atoms with Crippen molar-refractivity contribution in [3.63, 3.8) is 0 Å². The summed E-state index contributed by atoms with van der Waals surface area (Å²) in [6.45, 7) is 5.11. The van der Waals surface area contributed by atoms with Gasteiger partial charge in [-0.05, 0) is 25.2 Å². The first-order chi connectivity index (χ1) is 8.78. The Kier molecular flexibility index (Phi) is 3.04. The smallest absolute Gasteiger partial charge is 0.147 e. The van der Waals surface area contributed by atoms with Gasteiger partial charge >= 0.3 is 0 Å². The zero-order chi connectivity index (χ0) is 12.5. The van der Waals surface area contributed by atoms with Crippen molar-refractivity contribution in [2.45, 2.75) is 45.3 Å². The molecule has 0 amide bonds. The van der Waals surface area contributed by atoms with E-state index in [2.05, 4.69) is 32.7 Å². The van der Waals surface area contributed by atoms with Crippen LogP contribution in [0, 0.1) is 23.2 Å². The number of hydrogen-bond donors (Lipinski definition) is 0. The quantitative estimate of drug-likeness (QED) is 0.751. The number of aromatic nitrogens is 3. The highest BCUT2D eigenvalue weighted by Crippen LogP contribution is 2.33. The molecule has 1 aliphatic heterocycles. The molecule has 2 aliphatic rings. The summed E-state index contributed by atoms with van der Waals surface area (Å²) in [5.74, 6) is 1.96. The Balaban J connectivity index is 1.76. The minimum Gasteiger partial charge on any atom is -0.315 e. The zero-order valence-electron chi connectivity index (χ0n) is 10.8. The zero-order valence-corrected chi connectivity index (χ0v) is 10.8. The van der Waals surface area contributed by atoms with Gasteiger partial charge in [0, 0.05) is 19.1 Å². The van der Waals surface area contributed by atoms with Crippen LogP contribution in [0.3, 0.4) is 0 Å². The summed E-state index contributed by atoms with van der Waals surface area (Å²) in [6.07, 6.45) is 5.19. The molecule has 3 rings (SSSR count). The van der Waals surface area contributed by atoms with Crippen molar-refractivity contribution in [1.82, 2.24) is 19.7 Å². The van der Waals surface area contributed by atoms with E-state index in [1.165, 1.54) is 6.42 Å². The van der Waals surface area contributed by atoms with Gasteiger partial charge in [-0.15, -0.1) is 10.2 Å². The second-order valence-corrected chi connectivity index (χ2v) is 5.63. The van der Waals surface area contributed by atoms with Crippen LogP contribution in [-0.4, -0.2) is 32.3 Å². The Hall–Kier alpha value is -1.41. The minimum absolute atomic E-state index is 0.190. The van der Waals surface area contributed by atoms with Crippen LogP contribution in [0.4, 0.5) is 0 Å². The van der Waals surface area contributed by atoms with Gasteiger partial charge in [-0.2, -0.15) is 5.26 Å². The highest BCUT2D eigenvalue weighted by atomic mass is 15.3. The third kappa shape index (κ3) is 2.01. The summed E-state index contributed by atoms with van der Waals surface area (Å²) in [7, 11) is 0. The van der Waals surface area contributed by atoms with Gasteiger partial charge < -0.3 is 4.57 Å². The average molecular weight is 245 g/mol. The molecule has 0 aromatic carbocycles. The van der Waals surface area contributed by atoms with Crippen molar-refractivity contribution in [2.24, 2.45) is 11.8 Å². The maximum absolute atomic E-state index is 9.32. The molecular weight excluding hydrogens is 226 g/mol. The van der Waals surface area contributed by atoms with Crippen LogP contribution in [0.25, 0.3) is 0 Å². The normalized spacial score (nSPS) is 32.8. The first-order valence-corrected chi connectivity index (χ1v) is 6.78. The Morgan fingerprint density at radius 2 is 2.28 bits per heavy atom. The van der Waals surface area contributed by atoms with E-state index in [9.17, 15) is 5.26 Å². The van der Waals surface area contributed by atoms with E-state index in [-0.39, 0.29) is 5.92 Å². The molecule has 1 aromatic heterocycles. The van der Waals surface area contributed by atoms with Gasteiger partial charge in [0.15, 0.2) is 0 Å². The molecule has 3 atom stereocenters. The summed E-state index contributed by atoms with van der Waals surface area (Å²) in [5.41, 5.74) is 0. The lowest BCUT2D eigenvalue weighted by atomic mass is 9.79. The number of rotatable bonds is 1. The molecule has 3 unspecified atom stereocenters. The topological polar surface area (TPSA) is 57.7 Å². The van der Waals surface area contributed by atoms with Crippen molar-refractivity contribution < 1.29 is 0 Å². The molecule has 96 valence electrons. The molecule has 1 aromatic rings. The fraction of sp³-hybridized carbons (Fsp3) is 0.769. The molecule has 2 heterocycles. The number of nitrogens with zero attached hydrogens (tertiary/aromatic N) is 5. The van der Waals surface area contributed by atoms with Crippen molar-refractivity contribution in [2.75, 3.05) is 6.54 Å². The molecule has 0 radical (unpaired) electrons. The summed E-state index contributed by atoms with van der Waals surface area (Å²) in [4.78, 5) is 2.44. The summed E-state index contributed by atoms with van der Waals surface area (Å²) in [6, 6.07) is 2.91. The molecule has 0 N–H and O–H groups in total. The van der Waals surface area contributed by atoms with Crippen LogP contribution in [0.1, 0.15) is 32.0 Å². The van der Waals surface area contributed by atoms with E-state index < -0.39 is 0 Å². The molecule has 1 saturated carbocycles. The predicted molar refractivity (Wildman–Crippen MR) is 66.3 cm³/mol. The van der Waals surface area contributed by atoms with E-state index in [4.69, 9.17) is 0 Å². The fourth-order valence-electron chi connectivity index (χ4n) is 3.27. The lowest BCUT2D eigenvalue weighted by Gasteiger charge is -2.40. The molecule has 18 heavy (non-hydrogen) atoms. The maximum atomic E-state index is 9.32. The third-order valence-corrected chi connectivity index (χ3v) is 4.38. The van der Waals surface area contributed by atoms with Gasteiger partial charge in [-0.3, -0.25) is 4.90 Å². The minimum atomic E-state index is 0.190. The molecular formula is C13H19N5. The highest BCUT2D eigenvalue weighted by molar-refractivity contribution is 5.00. The van der Waals surface area contributed by atoms with Crippen molar-refractivity contribution in [3.8, 4) is 6.07 Å². The monoisotopic (exact) mass is 245 g/mol. The SMILES string of the molecule is CC1CCC(C#N)C(N2CCn3cnnc3C2)C1. The molecule has 1 fully saturated rings. The maximum Gasteiger partial charge on any atom is 0.147 e. The van der Waals surface area contributed by atoms with Crippen LogP contribution in [0.5, 0.6) is 0 Å².